The second kappa shape index (κ2) is 8.94. The molecule has 1 heterocycles. The normalized spacial score (nSPS) is 20.1. The molecule has 2 fully saturated rings. The predicted molar refractivity (Wildman–Crippen MR) is 112 cm³/mol. The van der Waals surface area contributed by atoms with Gasteiger partial charge in [-0.3, -0.25) is 0 Å². The van der Waals surface area contributed by atoms with Gasteiger partial charge in [-0.2, -0.15) is 0 Å². The quantitative estimate of drug-likeness (QED) is 0.514. The second-order valence-electron chi connectivity index (χ2n) is 7.55. The number of ether oxygens (including phenoxy) is 1. The van der Waals surface area contributed by atoms with Gasteiger partial charge >= 0.3 is 0 Å². The molecular formula is C21H30N2OS2. The van der Waals surface area contributed by atoms with E-state index < -0.39 is 0 Å². The molecule has 0 atom stereocenters. The van der Waals surface area contributed by atoms with Crippen LogP contribution in [0.5, 0.6) is 5.75 Å². The summed E-state index contributed by atoms with van der Waals surface area (Å²) in [6, 6.07) is 7.76. The van der Waals surface area contributed by atoms with E-state index in [0.29, 0.717) is 6.61 Å². The van der Waals surface area contributed by atoms with Gasteiger partial charge < -0.3 is 4.74 Å². The first-order valence-corrected chi connectivity index (χ1v) is 11.9. The van der Waals surface area contributed by atoms with Crippen LogP contribution in [0, 0.1) is 0 Å². The van der Waals surface area contributed by atoms with E-state index >= 15 is 0 Å². The lowest BCUT2D eigenvalue weighted by molar-refractivity contribution is 0.185. The van der Waals surface area contributed by atoms with Crippen LogP contribution in [0.15, 0.2) is 22.5 Å². The second-order valence-corrected chi connectivity index (χ2v) is 9.83. The molecular weight excluding hydrogens is 360 g/mol. The van der Waals surface area contributed by atoms with Crippen molar-refractivity contribution in [2.24, 2.45) is 0 Å². The van der Waals surface area contributed by atoms with Crippen molar-refractivity contribution in [3.63, 3.8) is 0 Å². The van der Waals surface area contributed by atoms with Crippen molar-refractivity contribution < 1.29 is 4.74 Å². The van der Waals surface area contributed by atoms with Gasteiger partial charge in [-0.1, -0.05) is 44.6 Å². The third kappa shape index (κ3) is 4.20. The number of hydrogen-bond donors (Lipinski definition) is 0. The third-order valence-electron chi connectivity index (χ3n) is 5.71. The highest BCUT2D eigenvalue weighted by molar-refractivity contribution is 7.99. The van der Waals surface area contributed by atoms with Crippen LogP contribution in [-0.2, 0) is 0 Å². The van der Waals surface area contributed by atoms with Crippen molar-refractivity contribution in [2.45, 2.75) is 87.6 Å². The van der Waals surface area contributed by atoms with E-state index in [4.69, 9.17) is 9.72 Å². The SMILES string of the molecule is CCOc1cccc2sc(SN(C3CCCCC3)C3CCCCC3)nc12. The maximum absolute atomic E-state index is 5.79. The van der Waals surface area contributed by atoms with Crippen molar-refractivity contribution in [2.75, 3.05) is 6.61 Å². The Labute approximate surface area is 165 Å². The van der Waals surface area contributed by atoms with Gasteiger partial charge in [0, 0.05) is 12.1 Å². The Balaban J connectivity index is 1.58. The molecule has 0 radical (unpaired) electrons. The molecule has 1 aromatic heterocycles. The molecule has 2 aliphatic carbocycles. The number of hydrogen-bond acceptors (Lipinski definition) is 5. The van der Waals surface area contributed by atoms with Crippen molar-refractivity contribution in [1.82, 2.24) is 9.29 Å². The standard InChI is InChI=1S/C21H30N2OS2/c1-2-24-18-14-9-15-19-20(18)22-21(25-19)26-23(16-10-5-3-6-11-16)17-12-7-4-8-13-17/h9,14-17H,2-8,10-13H2,1H3. The van der Waals surface area contributed by atoms with Gasteiger partial charge in [0.2, 0.25) is 0 Å². The molecule has 0 aliphatic heterocycles. The first-order chi connectivity index (χ1) is 12.8. The summed E-state index contributed by atoms with van der Waals surface area (Å²) in [5, 5.41) is 0. The van der Waals surface area contributed by atoms with Crippen LogP contribution in [0.1, 0.15) is 71.1 Å². The first kappa shape index (κ1) is 18.6. The largest absolute Gasteiger partial charge is 0.492 e. The molecule has 0 N–H and O–H groups in total. The van der Waals surface area contributed by atoms with E-state index in [0.717, 1.165) is 23.3 Å². The van der Waals surface area contributed by atoms with E-state index in [1.807, 2.05) is 36.3 Å². The number of rotatable bonds is 6. The number of fused-ring (bicyclic) bond motifs is 1. The summed E-state index contributed by atoms with van der Waals surface area (Å²) in [6.45, 7) is 2.73. The highest BCUT2D eigenvalue weighted by atomic mass is 32.2. The lowest BCUT2D eigenvalue weighted by Crippen LogP contribution is -2.40. The molecule has 5 heteroatoms. The predicted octanol–water partition coefficient (Wildman–Crippen LogP) is 6.67. The molecule has 0 bridgehead atoms. The number of para-hydroxylation sites is 1. The highest BCUT2D eigenvalue weighted by Crippen LogP contribution is 2.41. The summed E-state index contributed by atoms with van der Waals surface area (Å²) in [6.07, 6.45) is 13.8. The molecule has 1 aromatic carbocycles. The maximum atomic E-state index is 5.79. The minimum Gasteiger partial charge on any atom is -0.492 e. The molecule has 0 amide bonds. The highest BCUT2D eigenvalue weighted by Gasteiger charge is 2.30. The Bertz CT molecular complexity index is 687. The van der Waals surface area contributed by atoms with Crippen molar-refractivity contribution in [3.05, 3.63) is 18.2 Å². The Morgan fingerprint density at radius 1 is 1.04 bits per heavy atom. The maximum Gasteiger partial charge on any atom is 0.166 e. The van der Waals surface area contributed by atoms with E-state index in [9.17, 15) is 0 Å². The van der Waals surface area contributed by atoms with Crippen LogP contribution in [0.3, 0.4) is 0 Å². The molecule has 0 spiro atoms. The van der Waals surface area contributed by atoms with E-state index in [1.165, 1.54) is 73.2 Å². The Morgan fingerprint density at radius 3 is 2.31 bits per heavy atom. The molecule has 0 unspecified atom stereocenters. The summed E-state index contributed by atoms with van der Waals surface area (Å²) >= 11 is 3.76. The van der Waals surface area contributed by atoms with Crippen molar-refractivity contribution >= 4 is 33.5 Å². The van der Waals surface area contributed by atoms with E-state index in [2.05, 4.69) is 16.4 Å². The Kier molecular flexibility index (Phi) is 6.39. The number of thiazole rings is 1. The van der Waals surface area contributed by atoms with Gasteiger partial charge in [-0.25, -0.2) is 9.29 Å². The van der Waals surface area contributed by atoms with Gasteiger partial charge in [0.15, 0.2) is 4.34 Å². The van der Waals surface area contributed by atoms with Crippen LogP contribution in [-0.4, -0.2) is 28.0 Å². The zero-order valence-corrected chi connectivity index (χ0v) is 17.4. The molecule has 2 aliphatic rings. The minimum atomic E-state index is 0.690. The zero-order valence-electron chi connectivity index (χ0n) is 15.8. The number of nitrogens with zero attached hydrogens (tertiary/aromatic N) is 2. The monoisotopic (exact) mass is 390 g/mol. The third-order valence-corrected chi connectivity index (χ3v) is 8.06. The average Bonchev–Trinajstić information content (AvgIpc) is 3.11. The van der Waals surface area contributed by atoms with Crippen molar-refractivity contribution in [1.29, 1.82) is 0 Å². The van der Waals surface area contributed by atoms with Gasteiger partial charge in [-0.15, -0.1) is 11.3 Å². The fourth-order valence-corrected chi connectivity index (χ4v) is 6.85. The van der Waals surface area contributed by atoms with Gasteiger partial charge in [0.25, 0.3) is 0 Å². The van der Waals surface area contributed by atoms with Crippen LogP contribution >= 0.6 is 23.3 Å². The number of benzene rings is 1. The van der Waals surface area contributed by atoms with Gasteiger partial charge in [0.05, 0.1) is 11.3 Å². The van der Waals surface area contributed by atoms with Crippen LogP contribution < -0.4 is 4.74 Å². The Morgan fingerprint density at radius 2 is 1.69 bits per heavy atom. The fraction of sp³-hybridized carbons (Fsp3) is 0.667. The Hall–Kier alpha value is -0.780. The van der Waals surface area contributed by atoms with Crippen LogP contribution in [0.2, 0.25) is 0 Å². The summed E-state index contributed by atoms with van der Waals surface area (Å²) in [5.74, 6) is 0.926. The summed E-state index contributed by atoms with van der Waals surface area (Å²) in [5.41, 5.74) is 1.04. The summed E-state index contributed by atoms with van der Waals surface area (Å²) in [7, 11) is 0. The van der Waals surface area contributed by atoms with Crippen LogP contribution in [0.25, 0.3) is 10.2 Å². The zero-order chi connectivity index (χ0) is 17.8. The first-order valence-electron chi connectivity index (χ1n) is 10.3. The smallest absolute Gasteiger partial charge is 0.166 e. The molecule has 0 saturated heterocycles. The van der Waals surface area contributed by atoms with Crippen LogP contribution in [0.4, 0.5) is 0 Å². The summed E-state index contributed by atoms with van der Waals surface area (Å²) in [4.78, 5) is 4.98. The molecule has 2 aromatic rings. The minimum absolute atomic E-state index is 0.690. The lowest BCUT2D eigenvalue weighted by Gasteiger charge is -2.40. The summed E-state index contributed by atoms with van der Waals surface area (Å²) < 4.78 is 11.0. The van der Waals surface area contributed by atoms with E-state index in [1.54, 1.807) is 0 Å². The van der Waals surface area contributed by atoms with E-state index in [-0.39, 0.29) is 0 Å². The topological polar surface area (TPSA) is 25.4 Å². The fourth-order valence-electron chi connectivity index (χ4n) is 4.42. The molecule has 3 nitrogen and oxygen atoms in total. The molecule has 2 saturated carbocycles. The molecule has 4 rings (SSSR count). The van der Waals surface area contributed by atoms with Crippen molar-refractivity contribution in [3.8, 4) is 5.75 Å². The molecule has 26 heavy (non-hydrogen) atoms. The average molecular weight is 391 g/mol. The van der Waals surface area contributed by atoms with Gasteiger partial charge in [-0.05, 0) is 56.7 Å². The number of aromatic nitrogens is 1. The molecule has 142 valence electrons. The lowest BCUT2D eigenvalue weighted by atomic mass is 9.91. The van der Waals surface area contributed by atoms with Gasteiger partial charge in [0.1, 0.15) is 11.3 Å².